The van der Waals surface area contributed by atoms with Crippen LogP contribution >= 0.6 is 0 Å². The first-order valence-electron chi connectivity index (χ1n) is 7.57. The minimum atomic E-state index is -4.47. The van der Waals surface area contributed by atoms with Crippen molar-refractivity contribution in [2.45, 2.75) is 18.5 Å². The van der Waals surface area contributed by atoms with Crippen LogP contribution < -0.4 is 4.90 Å². The van der Waals surface area contributed by atoms with Crippen LogP contribution in [0.4, 0.5) is 19.0 Å². The summed E-state index contributed by atoms with van der Waals surface area (Å²) < 4.78 is 41.9. The molecule has 0 aromatic carbocycles. The highest BCUT2D eigenvalue weighted by molar-refractivity contribution is 5.69. The number of aromatic nitrogens is 5. The maximum Gasteiger partial charge on any atom is 0.435 e. The van der Waals surface area contributed by atoms with Crippen LogP contribution in [0.3, 0.4) is 0 Å². The number of rotatable bonds is 2. The Kier molecular flexibility index (Phi) is 3.26. The molecule has 126 valence electrons. The molecule has 4 rings (SSSR count). The average Bonchev–Trinajstić information content (AvgIpc) is 3.23. The Balaban J connectivity index is 1.67. The second-order valence-electron chi connectivity index (χ2n) is 5.94. The van der Waals surface area contributed by atoms with Gasteiger partial charge < -0.3 is 9.47 Å². The van der Waals surface area contributed by atoms with Crippen molar-refractivity contribution in [2.75, 3.05) is 18.0 Å². The summed E-state index contributed by atoms with van der Waals surface area (Å²) in [5, 5.41) is 3.61. The van der Waals surface area contributed by atoms with Crippen LogP contribution in [0.2, 0.25) is 0 Å². The van der Waals surface area contributed by atoms with Crippen LogP contribution in [-0.2, 0) is 13.2 Å². The van der Waals surface area contributed by atoms with Crippen molar-refractivity contribution in [1.82, 2.24) is 24.1 Å². The Morgan fingerprint density at radius 3 is 2.67 bits per heavy atom. The zero-order valence-electron chi connectivity index (χ0n) is 12.9. The zero-order chi connectivity index (χ0) is 16.9. The van der Waals surface area contributed by atoms with E-state index in [9.17, 15) is 13.2 Å². The standard InChI is InChI=1S/C15H15F3N6/c1-22-6-3-19-13(22)10-2-5-23(9-10)14-11-8-12(15(16,17)18)21-24(11)7-4-20-14/h3-4,6-8,10H,2,5,9H2,1H3. The van der Waals surface area contributed by atoms with Gasteiger partial charge in [0.05, 0.1) is 0 Å². The fourth-order valence-corrected chi connectivity index (χ4v) is 3.22. The van der Waals surface area contributed by atoms with Crippen LogP contribution in [0.15, 0.2) is 30.9 Å². The molecule has 4 heterocycles. The minimum Gasteiger partial charge on any atom is -0.354 e. The molecule has 0 spiro atoms. The van der Waals surface area contributed by atoms with Crippen molar-refractivity contribution in [2.24, 2.45) is 7.05 Å². The van der Waals surface area contributed by atoms with Crippen molar-refractivity contribution < 1.29 is 13.2 Å². The van der Waals surface area contributed by atoms with E-state index < -0.39 is 11.9 Å². The molecule has 1 atom stereocenters. The van der Waals surface area contributed by atoms with Gasteiger partial charge in [-0.05, 0) is 6.42 Å². The summed E-state index contributed by atoms with van der Waals surface area (Å²) in [6.07, 6.45) is 2.97. The highest BCUT2D eigenvalue weighted by Gasteiger charge is 2.35. The molecule has 1 aliphatic heterocycles. The van der Waals surface area contributed by atoms with Gasteiger partial charge in [-0.15, -0.1) is 0 Å². The number of aryl methyl sites for hydroxylation is 1. The Bertz CT molecular complexity index is 881. The lowest BCUT2D eigenvalue weighted by Crippen LogP contribution is -2.21. The van der Waals surface area contributed by atoms with Crippen LogP contribution in [0.25, 0.3) is 5.52 Å². The molecule has 0 aliphatic carbocycles. The number of hydrogen-bond acceptors (Lipinski definition) is 4. The first kappa shape index (κ1) is 15.0. The summed E-state index contributed by atoms with van der Waals surface area (Å²) in [6, 6.07) is 1.05. The molecular weight excluding hydrogens is 321 g/mol. The number of fused-ring (bicyclic) bond motifs is 1. The molecule has 6 nitrogen and oxygen atoms in total. The number of halogens is 3. The number of hydrogen-bond donors (Lipinski definition) is 0. The number of anilines is 1. The van der Waals surface area contributed by atoms with E-state index in [2.05, 4.69) is 15.1 Å². The van der Waals surface area contributed by atoms with Crippen molar-refractivity contribution in [3.8, 4) is 0 Å². The zero-order valence-corrected chi connectivity index (χ0v) is 12.9. The predicted molar refractivity (Wildman–Crippen MR) is 80.8 cm³/mol. The fraction of sp³-hybridized carbons (Fsp3) is 0.400. The summed E-state index contributed by atoms with van der Waals surface area (Å²) in [5.41, 5.74) is -0.540. The van der Waals surface area contributed by atoms with Crippen molar-refractivity contribution in [1.29, 1.82) is 0 Å². The molecule has 0 amide bonds. The summed E-state index contributed by atoms with van der Waals surface area (Å²) in [5.74, 6) is 1.74. The molecule has 1 unspecified atom stereocenters. The largest absolute Gasteiger partial charge is 0.435 e. The van der Waals surface area contributed by atoms with Crippen molar-refractivity contribution in [3.05, 3.63) is 42.4 Å². The minimum absolute atomic E-state index is 0.233. The quantitative estimate of drug-likeness (QED) is 0.721. The maximum atomic E-state index is 12.9. The van der Waals surface area contributed by atoms with Gasteiger partial charge in [0.15, 0.2) is 11.5 Å². The van der Waals surface area contributed by atoms with E-state index in [-0.39, 0.29) is 5.92 Å². The highest BCUT2D eigenvalue weighted by Crippen LogP contribution is 2.34. The van der Waals surface area contributed by atoms with Gasteiger partial charge in [0.2, 0.25) is 0 Å². The molecular formula is C15H15F3N6. The third-order valence-corrected chi connectivity index (χ3v) is 4.37. The highest BCUT2D eigenvalue weighted by atomic mass is 19.4. The lowest BCUT2D eigenvalue weighted by atomic mass is 10.1. The maximum absolute atomic E-state index is 12.9. The monoisotopic (exact) mass is 336 g/mol. The van der Waals surface area contributed by atoms with Gasteiger partial charge in [-0.3, -0.25) is 0 Å². The molecule has 24 heavy (non-hydrogen) atoms. The Morgan fingerprint density at radius 2 is 1.96 bits per heavy atom. The molecule has 1 fully saturated rings. The summed E-state index contributed by atoms with van der Waals surface area (Å²) >= 11 is 0. The molecule has 0 radical (unpaired) electrons. The first-order chi connectivity index (χ1) is 11.4. The third kappa shape index (κ3) is 2.40. The first-order valence-corrected chi connectivity index (χ1v) is 7.57. The van der Waals surface area contributed by atoms with E-state index in [1.54, 1.807) is 6.20 Å². The van der Waals surface area contributed by atoms with Crippen LogP contribution in [0, 0.1) is 0 Å². The van der Waals surface area contributed by atoms with E-state index in [1.165, 1.54) is 16.9 Å². The number of nitrogens with zero attached hydrogens (tertiary/aromatic N) is 6. The summed E-state index contributed by atoms with van der Waals surface area (Å²) in [4.78, 5) is 10.7. The second-order valence-corrected chi connectivity index (χ2v) is 5.94. The molecule has 9 heteroatoms. The SMILES string of the molecule is Cn1ccnc1C1CCN(c2nccn3nc(C(F)(F)F)cc23)C1. The Labute approximate surface area is 135 Å². The average molecular weight is 336 g/mol. The van der Waals surface area contributed by atoms with Crippen molar-refractivity contribution in [3.63, 3.8) is 0 Å². The number of alkyl halides is 3. The van der Waals surface area contributed by atoms with E-state index in [1.807, 2.05) is 22.7 Å². The normalized spacial score (nSPS) is 18.7. The molecule has 0 saturated carbocycles. The van der Waals surface area contributed by atoms with Gasteiger partial charge in [-0.2, -0.15) is 18.3 Å². The summed E-state index contributed by atoms with van der Waals surface area (Å²) in [7, 11) is 1.94. The Hall–Kier alpha value is -2.58. The molecule has 3 aromatic heterocycles. The fourth-order valence-electron chi connectivity index (χ4n) is 3.22. The molecule has 3 aromatic rings. The van der Waals surface area contributed by atoms with Gasteiger partial charge in [0.1, 0.15) is 11.3 Å². The molecule has 1 aliphatic rings. The van der Waals surface area contributed by atoms with Gasteiger partial charge >= 0.3 is 6.18 Å². The summed E-state index contributed by atoms with van der Waals surface area (Å²) in [6.45, 7) is 1.39. The van der Waals surface area contributed by atoms with E-state index >= 15 is 0 Å². The van der Waals surface area contributed by atoms with Crippen LogP contribution in [0.1, 0.15) is 23.9 Å². The van der Waals surface area contributed by atoms with Gasteiger partial charge in [-0.25, -0.2) is 14.5 Å². The van der Waals surface area contributed by atoms with Crippen molar-refractivity contribution >= 4 is 11.3 Å². The van der Waals surface area contributed by atoms with E-state index in [0.29, 0.717) is 17.9 Å². The van der Waals surface area contributed by atoms with Crippen LogP contribution in [0.5, 0.6) is 0 Å². The van der Waals surface area contributed by atoms with E-state index in [0.717, 1.165) is 24.9 Å². The van der Waals surface area contributed by atoms with Gasteiger partial charge in [-0.1, -0.05) is 0 Å². The Morgan fingerprint density at radius 1 is 1.17 bits per heavy atom. The second kappa shape index (κ2) is 5.22. The molecule has 0 N–H and O–H groups in total. The third-order valence-electron chi connectivity index (χ3n) is 4.37. The smallest absolute Gasteiger partial charge is 0.354 e. The lowest BCUT2D eigenvalue weighted by Gasteiger charge is -2.18. The predicted octanol–water partition coefficient (Wildman–Crippen LogP) is 2.48. The van der Waals surface area contributed by atoms with Crippen LogP contribution in [-0.4, -0.2) is 37.2 Å². The van der Waals surface area contributed by atoms with E-state index in [4.69, 9.17) is 0 Å². The lowest BCUT2D eigenvalue weighted by molar-refractivity contribution is -0.141. The topological polar surface area (TPSA) is 51.2 Å². The van der Waals surface area contributed by atoms with Gasteiger partial charge in [0, 0.05) is 56.9 Å². The number of imidazole rings is 1. The van der Waals surface area contributed by atoms with Gasteiger partial charge in [0.25, 0.3) is 0 Å². The molecule has 1 saturated heterocycles. The molecule has 0 bridgehead atoms.